The number of nitrogens with zero attached hydrogens (tertiary/aromatic N) is 3. The van der Waals surface area contributed by atoms with Crippen LogP contribution in [-0.4, -0.2) is 20.8 Å². The molecule has 0 aliphatic heterocycles. The van der Waals surface area contributed by atoms with Crippen molar-refractivity contribution < 1.29 is 5.11 Å². The van der Waals surface area contributed by atoms with Crippen LogP contribution < -0.4 is 0 Å². The Hall–Kier alpha value is -1.86. The Bertz CT molecular complexity index is 566. The highest BCUT2D eigenvalue weighted by Crippen LogP contribution is 2.23. The van der Waals surface area contributed by atoms with Crippen molar-refractivity contribution in [1.29, 1.82) is 5.26 Å². The lowest BCUT2D eigenvalue weighted by Crippen LogP contribution is -2.20. The minimum Gasteiger partial charge on any atom is -0.391 e. The van der Waals surface area contributed by atoms with Crippen LogP contribution in [0.2, 0.25) is 0 Å². The van der Waals surface area contributed by atoms with Crippen molar-refractivity contribution in [2.75, 3.05) is 0 Å². The van der Waals surface area contributed by atoms with Gasteiger partial charge in [0, 0.05) is 0 Å². The first kappa shape index (κ1) is 11.6. The Morgan fingerprint density at radius 1 is 1.41 bits per heavy atom. The van der Waals surface area contributed by atoms with Crippen LogP contribution in [0.3, 0.4) is 0 Å². The molecule has 0 radical (unpaired) electrons. The number of hydrogen-bond acceptors (Lipinski definition) is 3. The molecule has 2 rings (SSSR count). The third kappa shape index (κ3) is 2.02. The van der Waals surface area contributed by atoms with Gasteiger partial charge in [-0.25, -0.2) is 4.98 Å². The molecule has 0 aliphatic rings. The summed E-state index contributed by atoms with van der Waals surface area (Å²) >= 11 is 0. The highest BCUT2D eigenvalue weighted by Gasteiger charge is 2.18. The molecule has 17 heavy (non-hydrogen) atoms. The van der Waals surface area contributed by atoms with Crippen LogP contribution in [0.25, 0.3) is 11.0 Å². The topological polar surface area (TPSA) is 61.8 Å². The monoisotopic (exact) mass is 229 g/mol. The maximum Gasteiger partial charge on any atom is 0.124 e. The Labute approximate surface area is 100 Å². The summed E-state index contributed by atoms with van der Waals surface area (Å²) in [6, 6.07) is 9.76. The predicted octanol–water partition coefficient (Wildman–Crippen LogP) is 2.04. The van der Waals surface area contributed by atoms with Crippen molar-refractivity contribution in [3.05, 3.63) is 30.1 Å². The van der Waals surface area contributed by atoms with E-state index in [0.29, 0.717) is 5.82 Å². The van der Waals surface area contributed by atoms with Crippen molar-refractivity contribution in [1.82, 2.24) is 9.55 Å². The molecule has 1 aromatic carbocycles. The molecule has 0 fully saturated rings. The van der Waals surface area contributed by atoms with E-state index in [4.69, 9.17) is 5.26 Å². The van der Waals surface area contributed by atoms with E-state index in [1.807, 2.05) is 35.8 Å². The van der Waals surface area contributed by atoms with Crippen molar-refractivity contribution in [2.24, 2.45) is 0 Å². The first-order valence-corrected chi connectivity index (χ1v) is 5.66. The first-order valence-electron chi connectivity index (χ1n) is 5.66. The third-order valence-corrected chi connectivity index (χ3v) is 3.01. The summed E-state index contributed by atoms with van der Waals surface area (Å²) in [5.74, 6) is 0.710. The van der Waals surface area contributed by atoms with Crippen molar-refractivity contribution in [3.8, 4) is 6.07 Å². The second-order valence-electron chi connectivity index (χ2n) is 4.20. The Morgan fingerprint density at radius 2 is 2.12 bits per heavy atom. The predicted molar refractivity (Wildman–Crippen MR) is 65.4 cm³/mol. The number of para-hydroxylation sites is 2. The van der Waals surface area contributed by atoms with Gasteiger partial charge in [0.15, 0.2) is 0 Å². The van der Waals surface area contributed by atoms with E-state index in [1.165, 1.54) is 0 Å². The number of fused-ring (bicyclic) bond motifs is 1. The summed E-state index contributed by atoms with van der Waals surface area (Å²) in [4.78, 5) is 4.44. The van der Waals surface area contributed by atoms with Crippen LogP contribution in [0.5, 0.6) is 0 Å². The van der Waals surface area contributed by atoms with E-state index in [9.17, 15) is 5.11 Å². The normalized spacial score (nSPS) is 14.5. The number of aliphatic hydroxyl groups excluding tert-OH is 1. The summed E-state index contributed by atoms with van der Waals surface area (Å²) in [6.07, 6.45) is -0.226. The van der Waals surface area contributed by atoms with Gasteiger partial charge >= 0.3 is 0 Å². The molecule has 2 atom stereocenters. The maximum absolute atomic E-state index is 9.71. The molecular formula is C13H15N3O. The van der Waals surface area contributed by atoms with Crippen LogP contribution in [0.1, 0.15) is 25.7 Å². The quantitative estimate of drug-likeness (QED) is 0.876. The second kappa shape index (κ2) is 4.56. The van der Waals surface area contributed by atoms with Crippen LogP contribution in [-0.2, 0) is 6.42 Å². The lowest BCUT2D eigenvalue weighted by molar-refractivity contribution is 0.139. The molecule has 2 unspecified atom stereocenters. The minimum absolute atomic E-state index is 0.0919. The van der Waals surface area contributed by atoms with Crippen molar-refractivity contribution in [2.45, 2.75) is 32.4 Å². The van der Waals surface area contributed by atoms with E-state index in [2.05, 4.69) is 11.1 Å². The van der Waals surface area contributed by atoms with Gasteiger partial charge in [-0.15, -0.1) is 0 Å². The number of aromatic nitrogens is 2. The molecule has 88 valence electrons. The van der Waals surface area contributed by atoms with E-state index in [0.717, 1.165) is 11.0 Å². The average molecular weight is 229 g/mol. The Kier molecular flexibility index (Phi) is 3.12. The van der Waals surface area contributed by atoms with Crippen LogP contribution in [0.15, 0.2) is 24.3 Å². The number of benzene rings is 1. The fraction of sp³-hybridized carbons (Fsp3) is 0.385. The van der Waals surface area contributed by atoms with E-state index >= 15 is 0 Å². The summed E-state index contributed by atoms with van der Waals surface area (Å²) in [7, 11) is 0. The zero-order valence-corrected chi connectivity index (χ0v) is 9.96. The van der Waals surface area contributed by atoms with Gasteiger partial charge in [-0.05, 0) is 26.0 Å². The third-order valence-electron chi connectivity index (χ3n) is 3.01. The Balaban J connectivity index is 2.64. The molecule has 0 aliphatic carbocycles. The molecular weight excluding hydrogens is 214 g/mol. The summed E-state index contributed by atoms with van der Waals surface area (Å²) < 4.78 is 1.95. The molecule has 1 aromatic heterocycles. The van der Waals surface area contributed by atoms with Gasteiger partial charge in [0.25, 0.3) is 0 Å². The molecule has 0 saturated heterocycles. The van der Waals surface area contributed by atoms with Crippen molar-refractivity contribution >= 4 is 11.0 Å². The molecule has 0 spiro atoms. The lowest BCUT2D eigenvalue weighted by Gasteiger charge is -2.19. The zero-order valence-electron chi connectivity index (χ0n) is 9.96. The molecule has 1 N–H and O–H groups in total. The van der Waals surface area contributed by atoms with Gasteiger partial charge in [-0.3, -0.25) is 0 Å². The largest absolute Gasteiger partial charge is 0.391 e. The molecule has 0 amide bonds. The highest BCUT2D eigenvalue weighted by atomic mass is 16.3. The number of aliphatic hydroxyl groups is 1. The average Bonchev–Trinajstić information content (AvgIpc) is 2.66. The highest BCUT2D eigenvalue weighted by molar-refractivity contribution is 5.76. The zero-order chi connectivity index (χ0) is 12.4. The summed E-state index contributed by atoms with van der Waals surface area (Å²) in [5.41, 5.74) is 1.83. The number of imidazole rings is 1. The molecule has 0 bridgehead atoms. The standard InChI is InChI=1S/C13H15N3O/c1-9(10(2)17)16-12-6-4-3-5-11(12)15-13(16)7-8-14/h3-6,9-10,17H,7H2,1-2H3. The summed E-state index contributed by atoms with van der Waals surface area (Å²) in [5, 5.41) is 18.5. The van der Waals surface area contributed by atoms with E-state index in [-0.39, 0.29) is 12.5 Å². The molecule has 0 saturated carbocycles. The summed E-state index contributed by atoms with van der Waals surface area (Å²) in [6.45, 7) is 3.68. The molecule has 4 nitrogen and oxygen atoms in total. The van der Waals surface area contributed by atoms with Crippen LogP contribution in [0.4, 0.5) is 0 Å². The van der Waals surface area contributed by atoms with Crippen LogP contribution >= 0.6 is 0 Å². The fourth-order valence-corrected chi connectivity index (χ4v) is 1.96. The maximum atomic E-state index is 9.71. The van der Waals surface area contributed by atoms with Gasteiger partial charge in [0.1, 0.15) is 5.82 Å². The number of nitriles is 1. The molecule has 2 aromatic rings. The lowest BCUT2D eigenvalue weighted by atomic mass is 10.2. The minimum atomic E-state index is -0.481. The fourth-order valence-electron chi connectivity index (χ4n) is 1.96. The Morgan fingerprint density at radius 3 is 2.76 bits per heavy atom. The molecule has 1 heterocycles. The second-order valence-corrected chi connectivity index (χ2v) is 4.20. The van der Waals surface area contributed by atoms with E-state index < -0.39 is 6.10 Å². The van der Waals surface area contributed by atoms with Gasteiger partial charge in [-0.1, -0.05) is 12.1 Å². The van der Waals surface area contributed by atoms with Gasteiger partial charge in [0.2, 0.25) is 0 Å². The number of hydrogen-bond donors (Lipinski definition) is 1. The van der Waals surface area contributed by atoms with E-state index in [1.54, 1.807) is 6.92 Å². The smallest absolute Gasteiger partial charge is 0.124 e. The van der Waals surface area contributed by atoms with Gasteiger partial charge in [-0.2, -0.15) is 5.26 Å². The van der Waals surface area contributed by atoms with Gasteiger partial charge in [0.05, 0.1) is 35.7 Å². The van der Waals surface area contributed by atoms with Crippen LogP contribution in [0, 0.1) is 11.3 Å². The SMILES string of the molecule is CC(O)C(C)n1c(CC#N)nc2ccccc21. The van der Waals surface area contributed by atoms with Gasteiger partial charge < -0.3 is 9.67 Å². The van der Waals surface area contributed by atoms with Crippen molar-refractivity contribution in [3.63, 3.8) is 0 Å². The molecule has 4 heteroatoms. The first-order chi connectivity index (χ1) is 8.15. The number of rotatable bonds is 3.